The van der Waals surface area contributed by atoms with Crippen LogP contribution in [0.2, 0.25) is 0 Å². The van der Waals surface area contributed by atoms with Gasteiger partial charge in [-0.05, 0) is 69.0 Å². The average Bonchev–Trinajstić information content (AvgIpc) is 3.77. The van der Waals surface area contributed by atoms with Crippen LogP contribution in [-0.4, -0.2) is 81.7 Å². The van der Waals surface area contributed by atoms with Gasteiger partial charge in [0, 0.05) is 38.5 Å². The number of likely N-dealkylation sites (tertiary alicyclic amines) is 2. The number of carbonyl (C=O) groups excluding carboxylic acids is 3. The Morgan fingerprint density at radius 3 is 2.62 bits per heavy atom. The lowest BCUT2D eigenvalue weighted by Gasteiger charge is -2.36. The van der Waals surface area contributed by atoms with E-state index in [2.05, 4.69) is 15.7 Å². The monoisotopic (exact) mass is 572 g/mol. The van der Waals surface area contributed by atoms with Gasteiger partial charge >= 0.3 is 0 Å². The Morgan fingerprint density at radius 1 is 1.05 bits per heavy atom. The highest BCUT2D eigenvalue weighted by molar-refractivity contribution is 5.94. The molecular formula is C32H40N6O4. The molecule has 6 rings (SSSR count). The first-order chi connectivity index (χ1) is 20.4. The van der Waals surface area contributed by atoms with Crippen LogP contribution in [0.4, 0.5) is 0 Å². The van der Waals surface area contributed by atoms with Gasteiger partial charge in [0.05, 0.1) is 30.2 Å². The number of hydrogen-bond donors (Lipinski definition) is 2. The molecule has 0 radical (unpaired) electrons. The van der Waals surface area contributed by atoms with E-state index < -0.39 is 18.0 Å². The van der Waals surface area contributed by atoms with Crippen molar-refractivity contribution in [2.24, 2.45) is 13.0 Å². The number of nitrogens with zero attached hydrogens (tertiary/aromatic N) is 4. The molecule has 3 amide bonds. The number of piperidine rings is 1. The molecule has 3 saturated heterocycles. The third-order valence-electron chi connectivity index (χ3n) is 8.91. The molecule has 3 aromatic rings. The molecule has 0 unspecified atom stereocenters. The van der Waals surface area contributed by atoms with Gasteiger partial charge < -0.3 is 25.2 Å². The summed E-state index contributed by atoms with van der Waals surface area (Å²) >= 11 is 0. The topological polar surface area (TPSA) is 109 Å². The molecule has 42 heavy (non-hydrogen) atoms. The molecule has 2 N–H and O–H groups in total. The molecule has 10 nitrogen and oxygen atoms in total. The molecule has 0 saturated carbocycles. The molecule has 4 heterocycles. The number of benzene rings is 2. The smallest absolute Gasteiger partial charge is 0.243 e. The van der Waals surface area contributed by atoms with E-state index in [1.54, 1.807) is 4.90 Å². The largest absolute Gasteiger partial charge is 0.488 e. The van der Waals surface area contributed by atoms with E-state index in [9.17, 15) is 14.4 Å². The van der Waals surface area contributed by atoms with Crippen LogP contribution >= 0.6 is 0 Å². The Kier molecular flexibility index (Phi) is 8.15. The summed E-state index contributed by atoms with van der Waals surface area (Å²) in [6, 6.07) is 12.4. The fourth-order valence-corrected chi connectivity index (χ4v) is 6.58. The summed E-state index contributed by atoms with van der Waals surface area (Å²) in [5, 5.41) is 11.7. The first-order valence-corrected chi connectivity index (χ1v) is 15.1. The van der Waals surface area contributed by atoms with Gasteiger partial charge in [-0.3, -0.25) is 19.1 Å². The summed E-state index contributed by atoms with van der Waals surface area (Å²) in [5.74, 6) is -0.0726. The minimum Gasteiger partial charge on any atom is -0.488 e. The highest BCUT2D eigenvalue weighted by Gasteiger charge is 2.46. The number of fused-ring (bicyclic) bond motifs is 1. The Bertz CT molecular complexity index is 1450. The van der Waals surface area contributed by atoms with Crippen molar-refractivity contribution >= 4 is 28.6 Å². The second kappa shape index (κ2) is 12.1. The van der Waals surface area contributed by atoms with Gasteiger partial charge in [0.15, 0.2) is 0 Å². The molecule has 3 fully saturated rings. The number of aryl methyl sites for hydroxylation is 2. The van der Waals surface area contributed by atoms with Crippen LogP contribution in [0.15, 0.2) is 48.7 Å². The molecule has 3 aliphatic heterocycles. The molecular weight excluding hydrogens is 532 g/mol. The minimum absolute atomic E-state index is 0.0523. The number of aromatic nitrogens is 2. The van der Waals surface area contributed by atoms with Crippen molar-refractivity contribution in [3.8, 4) is 5.75 Å². The van der Waals surface area contributed by atoms with Crippen LogP contribution in [0, 0.1) is 12.8 Å². The molecule has 3 aliphatic rings. The summed E-state index contributed by atoms with van der Waals surface area (Å²) in [5.41, 5.74) is 3.11. The third-order valence-corrected chi connectivity index (χ3v) is 8.91. The second-order valence-corrected chi connectivity index (χ2v) is 11.9. The Labute approximate surface area is 246 Å². The van der Waals surface area contributed by atoms with Crippen molar-refractivity contribution in [3.63, 3.8) is 0 Å². The van der Waals surface area contributed by atoms with E-state index in [1.807, 2.05) is 72.2 Å². The fraction of sp³-hybridized carbons (Fsp3) is 0.500. The lowest BCUT2D eigenvalue weighted by Crippen LogP contribution is -2.59. The van der Waals surface area contributed by atoms with Crippen LogP contribution in [0.3, 0.4) is 0 Å². The zero-order valence-corrected chi connectivity index (χ0v) is 24.4. The quantitative estimate of drug-likeness (QED) is 0.451. The van der Waals surface area contributed by atoms with Crippen molar-refractivity contribution in [2.45, 2.75) is 63.8 Å². The molecule has 1 aromatic heterocycles. The maximum atomic E-state index is 14.2. The summed E-state index contributed by atoms with van der Waals surface area (Å²) in [6.07, 6.45) is 5.37. The third kappa shape index (κ3) is 5.86. The summed E-state index contributed by atoms with van der Waals surface area (Å²) < 4.78 is 8.08. The Hall–Kier alpha value is -3.92. The van der Waals surface area contributed by atoms with Crippen molar-refractivity contribution in [1.82, 2.24) is 30.2 Å². The molecule has 2 aromatic carbocycles. The van der Waals surface area contributed by atoms with Crippen LogP contribution in [-0.2, 0) is 28.0 Å². The number of carbonyl (C=O) groups is 3. The predicted octanol–water partition coefficient (Wildman–Crippen LogP) is 2.54. The first-order valence-electron chi connectivity index (χ1n) is 15.1. The molecule has 0 spiro atoms. The normalized spacial score (nSPS) is 24.2. The van der Waals surface area contributed by atoms with E-state index in [4.69, 9.17) is 4.74 Å². The first kappa shape index (κ1) is 28.2. The number of amides is 3. The maximum absolute atomic E-state index is 14.2. The summed E-state index contributed by atoms with van der Waals surface area (Å²) in [4.78, 5) is 44.8. The lowest BCUT2D eigenvalue weighted by molar-refractivity contribution is -0.147. The standard InChI is InChI=1S/C32H40N6O4/c1-21-7-10-24(11-8-21)42-25-17-28(30(39)34-18-22-9-12-27-23(16-22)19-35-36(27)2)38(20-25)32(41)29-26(6-5-13-33-29)31(40)37-14-3-4-15-37/h7-12,16,19,25-26,28-29,33H,3-6,13-15,17-18,20H2,1-2H3,(H,34,39)/t25-,26+,28+,29-/m1/s1. The summed E-state index contributed by atoms with van der Waals surface area (Å²) in [6.45, 7) is 4.82. The van der Waals surface area contributed by atoms with Gasteiger partial charge in [-0.2, -0.15) is 5.10 Å². The van der Waals surface area contributed by atoms with Gasteiger partial charge in [0.1, 0.15) is 17.9 Å². The number of ether oxygens (including phenoxy) is 1. The fourth-order valence-electron chi connectivity index (χ4n) is 6.58. The number of hydrogen-bond acceptors (Lipinski definition) is 6. The number of nitrogens with one attached hydrogen (secondary N) is 2. The van der Waals surface area contributed by atoms with E-state index >= 15 is 0 Å². The van der Waals surface area contributed by atoms with Crippen LogP contribution in [0.25, 0.3) is 10.9 Å². The zero-order valence-electron chi connectivity index (χ0n) is 24.4. The zero-order chi connectivity index (χ0) is 29.2. The van der Waals surface area contributed by atoms with Crippen molar-refractivity contribution in [1.29, 1.82) is 0 Å². The average molecular weight is 573 g/mol. The van der Waals surface area contributed by atoms with E-state index in [1.165, 1.54) is 0 Å². The van der Waals surface area contributed by atoms with Crippen molar-refractivity contribution in [3.05, 3.63) is 59.8 Å². The molecule has 0 bridgehead atoms. The van der Waals surface area contributed by atoms with Crippen LogP contribution < -0.4 is 15.4 Å². The second-order valence-electron chi connectivity index (χ2n) is 11.9. The van der Waals surface area contributed by atoms with E-state index in [0.29, 0.717) is 31.7 Å². The van der Waals surface area contributed by atoms with Gasteiger partial charge in [0.2, 0.25) is 17.7 Å². The van der Waals surface area contributed by atoms with Gasteiger partial charge in [0.25, 0.3) is 0 Å². The molecule has 10 heteroatoms. The highest BCUT2D eigenvalue weighted by atomic mass is 16.5. The maximum Gasteiger partial charge on any atom is 0.243 e. The van der Waals surface area contributed by atoms with Gasteiger partial charge in [-0.1, -0.05) is 23.8 Å². The van der Waals surface area contributed by atoms with Gasteiger partial charge in [-0.25, -0.2) is 0 Å². The van der Waals surface area contributed by atoms with Crippen molar-refractivity contribution < 1.29 is 19.1 Å². The van der Waals surface area contributed by atoms with Crippen LogP contribution in [0.5, 0.6) is 5.75 Å². The molecule has 0 aliphatic carbocycles. The van der Waals surface area contributed by atoms with Crippen LogP contribution in [0.1, 0.15) is 43.2 Å². The Balaban J connectivity index is 1.20. The molecule has 222 valence electrons. The van der Waals surface area contributed by atoms with E-state index in [-0.39, 0.29) is 30.4 Å². The highest BCUT2D eigenvalue weighted by Crippen LogP contribution is 2.29. The minimum atomic E-state index is -0.693. The van der Waals surface area contributed by atoms with Gasteiger partial charge in [-0.15, -0.1) is 0 Å². The Morgan fingerprint density at radius 2 is 1.83 bits per heavy atom. The molecule has 4 atom stereocenters. The SMILES string of the molecule is Cc1ccc(O[C@@H]2C[C@@H](C(=O)NCc3ccc4c(cnn4C)c3)N(C(=O)[C@@H]3NCCC[C@@H]3C(=O)N3CCCC3)C2)cc1. The number of rotatable bonds is 7. The van der Waals surface area contributed by atoms with Crippen molar-refractivity contribution in [2.75, 3.05) is 26.2 Å². The van der Waals surface area contributed by atoms with E-state index in [0.717, 1.165) is 54.4 Å². The lowest BCUT2D eigenvalue weighted by atomic mass is 9.88. The summed E-state index contributed by atoms with van der Waals surface area (Å²) in [7, 11) is 1.90. The predicted molar refractivity (Wildman–Crippen MR) is 159 cm³/mol.